The van der Waals surface area contributed by atoms with Crippen molar-refractivity contribution < 1.29 is 9.18 Å². The summed E-state index contributed by atoms with van der Waals surface area (Å²) < 4.78 is 18.3. The van der Waals surface area contributed by atoms with Crippen LogP contribution in [0.3, 0.4) is 0 Å². The van der Waals surface area contributed by atoms with Gasteiger partial charge < -0.3 is 5.32 Å². The number of rotatable bonds is 4. The van der Waals surface area contributed by atoms with E-state index in [0.717, 1.165) is 10.4 Å². The van der Waals surface area contributed by atoms with Gasteiger partial charge in [0, 0.05) is 6.20 Å². The minimum absolute atomic E-state index is 0.274. The molecule has 22 heavy (non-hydrogen) atoms. The standard InChI is InChI=1S/C14H12FN5OS/c1-9-13(18-19-22-9)14(21)17-12-6-16-20(8-12)7-10-2-4-11(15)5-3-10/h2-6,8H,7H2,1H3,(H,17,21). The van der Waals surface area contributed by atoms with Crippen LogP contribution in [0.2, 0.25) is 0 Å². The highest BCUT2D eigenvalue weighted by Crippen LogP contribution is 2.13. The minimum atomic E-state index is -0.312. The van der Waals surface area contributed by atoms with Crippen molar-refractivity contribution in [2.45, 2.75) is 13.5 Å². The molecule has 0 radical (unpaired) electrons. The molecule has 2 aromatic heterocycles. The molecule has 0 aliphatic heterocycles. The number of aromatic nitrogens is 4. The molecular weight excluding hydrogens is 305 g/mol. The summed E-state index contributed by atoms with van der Waals surface area (Å²) in [7, 11) is 0. The Morgan fingerprint density at radius 2 is 2.14 bits per heavy atom. The Labute approximate surface area is 129 Å². The molecule has 3 aromatic rings. The zero-order chi connectivity index (χ0) is 15.5. The molecule has 0 saturated carbocycles. The molecule has 0 bridgehead atoms. The maximum absolute atomic E-state index is 12.9. The Bertz CT molecular complexity index is 796. The predicted molar refractivity (Wildman–Crippen MR) is 80.3 cm³/mol. The summed E-state index contributed by atoms with van der Waals surface area (Å²) in [5.74, 6) is -0.586. The first-order valence-electron chi connectivity index (χ1n) is 6.49. The SMILES string of the molecule is Cc1snnc1C(=O)Nc1cnn(Cc2ccc(F)cc2)c1. The Balaban J connectivity index is 1.67. The van der Waals surface area contributed by atoms with Crippen LogP contribution < -0.4 is 5.32 Å². The highest BCUT2D eigenvalue weighted by atomic mass is 32.1. The number of carbonyl (C=O) groups is 1. The van der Waals surface area contributed by atoms with Crippen molar-refractivity contribution in [3.8, 4) is 0 Å². The molecular formula is C14H12FN5OS. The maximum Gasteiger partial charge on any atom is 0.277 e. The topological polar surface area (TPSA) is 72.7 Å². The molecule has 0 unspecified atom stereocenters. The fourth-order valence-corrected chi connectivity index (χ4v) is 2.39. The molecule has 6 nitrogen and oxygen atoms in total. The van der Waals surface area contributed by atoms with E-state index >= 15 is 0 Å². The van der Waals surface area contributed by atoms with E-state index in [2.05, 4.69) is 20.0 Å². The van der Waals surface area contributed by atoms with E-state index in [0.29, 0.717) is 17.9 Å². The fourth-order valence-electron chi connectivity index (χ4n) is 1.92. The van der Waals surface area contributed by atoms with E-state index in [1.54, 1.807) is 36.1 Å². The molecule has 0 spiro atoms. The van der Waals surface area contributed by atoms with Gasteiger partial charge in [0.1, 0.15) is 5.82 Å². The lowest BCUT2D eigenvalue weighted by molar-refractivity contribution is 0.102. The van der Waals surface area contributed by atoms with E-state index in [1.807, 2.05) is 0 Å². The lowest BCUT2D eigenvalue weighted by Gasteiger charge is -2.02. The van der Waals surface area contributed by atoms with Crippen LogP contribution in [0.15, 0.2) is 36.7 Å². The van der Waals surface area contributed by atoms with Gasteiger partial charge in [0.2, 0.25) is 0 Å². The third-order valence-corrected chi connectivity index (χ3v) is 3.65. The number of nitrogens with zero attached hydrogens (tertiary/aromatic N) is 4. The molecule has 0 fully saturated rings. The fraction of sp³-hybridized carbons (Fsp3) is 0.143. The highest BCUT2D eigenvalue weighted by Gasteiger charge is 2.14. The first-order chi connectivity index (χ1) is 10.6. The van der Waals surface area contributed by atoms with Crippen LogP contribution in [-0.2, 0) is 6.54 Å². The summed E-state index contributed by atoms with van der Waals surface area (Å²) in [5.41, 5.74) is 1.80. The van der Waals surface area contributed by atoms with Gasteiger partial charge in [0.15, 0.2) is 5.69 Å². The van der Waals surface area contributed by atoms with Crippen molar-refractivity contribution in [1.29, 1.82) is 0 Å². The van der Waals surface area contributed by atoms with Crippen molar-refractivity contribution in [2.24, 2.45) is 0 Å². The second-order valence-electron chi connectivity index (χ2n) is 4.68. The summed E-state index contributed by atoms with van der Waals surface area (Å²) in [6.07, 6.45) is 3.26. The van der Waals surface area contributed by atoms with Crippen LogP contribution in [0.5, 0.6) is 0 Å². The Morgan fingerprint density at radius 3 is 2.82 bits per heavy atom. The maximum atomic E-state index is 12.9. The molecule has 1 amide bonds. The quantitative estimate of drug-likeness (QED) is 0.802. The van der Waals surface area contributed by atoms with Gasteiger partial charge in [-0.05, 0) is 36.2 Å². The zero-order valence-electron chi connectivity index (χ0n) is 11.7. The second kappa shape index (κ2) is 6.02. The van der Waals surface area contributed by atoms with Gasteiger partial charge in [-0.3, -0.25) is 9.48 Å². The van der Waals surface area contributed by atoms with E-state index in [4.69, 9.17) is 0 Å². The molecule has 0 atom stereocenters. The molecule has 0 saturated heterocycles. The Morgan fingerprint density at radius 1 is 1.36 bits per heavy atom. The number of aryl methyl sites for hydroxylation is 1. The summed E-state index contributed by atoms with van der Waals surface area (Å²) in [6, 6.07) is 6.19. The lowest BCUT2D eigenvalue weighted by atomic mass is 10.2. The second-order valence-corrected chi connectivity index (χ2v) is 5.64. The van der Waals surface area contributed by atoms with Crippen molar-refractivity contribution in [2.75, 3.05) is 5.32 Å². The number of hydrogen-bond donors (Lipinski definition) is 1. The van der Waals surface area contributed by atoms with E-state index < -0.39 is 0 Å². The van der Waals surface area contributed by atoms with Crippen LogP contribution in [0.4, 0.5) is 10.1 Å². The molecule has 0 aliphatic rings. The first-order valence-corrected chi connectivity index (χ1v) is 7.26. The van der Waals surface area contributed by atoms with Crippen molar-refractivity contribution >= 4 is 23.1 Å². The molecule has 1 aromatic carbocycles. The molecule has 0 aliphatic carbocycles. The van der Waals surface area contributed by atoms with E-state index in [1.165, 1.54) is 23.7 Å². The smallest absolute Gasteiger partial charge is 0.277 e. The van der Waals surface area contributed by atoms with Crippen LogP contribution in [0.1, 0.15) is 20.9 Å². The number of anilines is 1. The van der Waals surface area contributed by atoms with E-state index in [9.17, 15) is 9.18 Å². The van der Waals surface area contributed by atoms with Crippen molar-refractivity contribution in [3.63, 3.8) is 0 Å². The number of halogens is 1. The molecule has 3 rings (SSSR count). The van der Waals surface area contributed by atoms with Gasteiger partial charge in [-0.2, -0.15) is 5.10 Å². The first kappa shape index (κ1) is 14.3. The van der Waals surface area contributed by atoms with Gasteiger partial charge in [-0.1, -0.05) is 16.6 Å². The molecule has 112 valence electrons. The number of carbonyl (C=O) groups excluding carboxylic acids is 1. The highest BCUT2D eigenvalue weighted by molar-refractivity contribution is 7.05. The van der Waals surface area contributed by atoms with Gasteiger partial charge in [-0.25, -0.2) is 4.39 Å². The largest absolute Gasteiger partial charge is 0.318 e. The Kier molecular flexibility index (Phi) is 3.92. The summed E-state index contributed by atoms with van der Waals surface area (Å²) in [4.78, 5) is 12.8. The van der Waals surface area contributed by atoms with Gasteiger partial charge >= 0.3 is 0 Å². The van der Waals surface area contributed by atoms with Gasteiger partial charge in [0.05, 0.1) is 23.3 Å². The molecule has 8 heteroatoms. The number of hydrogen-bond acceptors (Lipinski definition) is 5. The van der Waals surface area contributed by atoms with Crippen LogP contribution in [-0.4, -0.2) is 25.3 Å². The number of amides is 1. The summed E-state index contributed by atoms with van der Waals surface area (Å²) >= 11 is 1.18. The average molecular weight is 317 g/mol. The average Bonchev–Trinajstić information content (AvgIpc) is 3.10. The number of nitrogens with one attached hydrogen (secondary N) is 1. The molecule has 1 N–H and O–H groups in total. The van der Waals surface area contributed by atoms with Gasteiger partial charge in [-0.15, -0.1) is 5.10 Å². The predicted octanol–water partition coefficient (Wildman–Crippen LogP) is 2.48. The molecule has 2 heterocycles. The lowest BCUT2D eigenvalue weighted by Crippen LogP contribution is -2.13. The van der Waals surface area contributed by atoms with Crippen LogP contribution >= 0.6 is 11.5 Å². The van der Waals surface area contributed by atoms with Crippen molar-refractivity contribution in [1.82, 2.24) is 19.4 Å². The number of benzene rings is 1. The van der Waals surface area contributed by atoms with E-state index in [-0.39, 0.29) is 11.7 Å². The monoisotopic (exact) mass is 317 g/mol. The Hall–Kier alpha value is -2.61. The summed E-state index contributed by atoms with van der Waals surface area (Å²) in [6.45, 7) is 2.28. The summed E-state index contributed by atoms with van der Waals surface area (Å²) in [5, 5.41) is 10.7. The normalized spacial score (nSPS) is 10.6. The van der Waals surface area contributed by atoms with Crippen molar-refractivity contribution in [3.05, 3.63) is 58.6 Å². The third kappa shape index (κ3) is 3.17. The zero-order valence-corrected chi connectivity index (χ0v) is 12.5. The van der Waals surface area contributed by atoms with Crippen LogP contribution in [0.25, 0.3) is 0 Å². The minimum Gasteiger partial charge on any atom is -0.318 e. The van der Waals surface area contributed by atoms with Crippen LogP contribution in [0, 0.1) is 12.7 Å². The third-order valence-electron chi connectivity index (χ3n) is 3.02. The van der Waals surface area contributed by atoms with Gasteiger partial charge in [0.25, 0.3) is 5.91 Å².